The normalized spacial score (nSPS) is 15.1. The van der Waals surface area contributed by atoms with Crippen LogP contribution in [0.3, 0.4) is 0 Å². The molecule has 1 aliphatic heterocycles. The minimum atomic E-state index is -0.517. The van der Waals surface area contributed by atoms with E-state index in [0.717, 1.165) is 23.9 Å². The fraction of sp³-hybridized carbons (Fsp3) is 0.300. The second-order valence-corrected chi connectivity index (χ2v) is 4.49. The summed E-state index contributed by atoms with van der Waals surface area (Å²) in [5.41, 5.74) is 0.812. The van der Waals surface area contributed by atoms with E-state index in [1.54, 1.807) is 17.8 Å². The number of thioether (sulfide) groups is 1. The third kappa shape index (κ3) is 2.01. The van der Waals surface area contributed by atoms with Crippen LogP contribution in [0.1, 0.15) is 10.4 Å². The van der Waals surface area contributed by atoms with Gasteiger partial charge in [0, 0.05) is 24.1 Å². The molecule has 1 aliphatic rings. The average molecular weight is 238 g/mol. The maximum absolute atomic E-state index is 10.8. The van der Waals surface area contributed by atoms with Crippen LogP contribution in [-0.2, 0) is 0 Å². The van der Waals surface area contributed by atoms with Crippen LogP contribution in [0.25, 0.3) is 0 Å². The van der Waals surface area contributed by atoms with Crippen LogP contribution in [0, 0.1) is 10.1 Å². The lowest BCUT2D eigenvalue weighted by molar-refractivity contribution is -0.385. The molecule has 1 aromatic carbocycles. The zero-order chi connectivity index (χ0) is 11.5. The number of carbonyl (C=O) groups excluding carboxylic acids is 1. The molecular formula is C10H10N2O3S. The maximum Gasteiger partial charge on any atom is 0.281 e. The first-order chi connectivity index (χ1) is 7.72. The van der Waals surface area contributed by atoms with E-state index < -0.39 is 4.92 Å². The number of benzene rings is 1. The topological polar surface area (TPSA) is 63.5 Å². The fourth-order valence-corrected chi connectivity index (χ4v) is 2.58. The number of nitrogens with zero attached hydrogens (tertiary/aromatic N) is 2. The lowest BCUT2D eigenvalue weighted by Gasteiger charge is -2.16. The molecular weight excluding hydrogens is 228 g/mol. The van der Waals surface area contributed by atoms with Gasteiger partial charge in [-0.1, -0.05) is 0 Å². The Balaban J connectivity index is 2.37. The highest BCUT2D eigenvalue weighted by atomic mass is 32.2. The predicted molar refractivity (Wildman–Crippen MR) is 63.2 cm³/mol. The van der Waals surface area contributed by atoms with Gasteiger partial charge in [-0.25, -0.2) is 0 Å². The van der Waals surface area contributed by atoms with Crippen molar-refractivity contribution in [2.45, 2.75) is 0 Å². The van der Waals surface area contributed by atoms with Crippen molar-refractivity contribution >= 4 is 29.4 Å². The molecule has 0 saturated carbocycles. The molecule has 1 saturated heterocycles. The van der Waals surface area contributed by atoms with E-state index in [9.17, 15) is 14.9 Å². The van der Waals surface area contributed by atoms with E-state index in [4.69, 9.17) is 0 Å². The SMILES string of the molecule is O=Cc1ccc(N2CCSC2)cc1[N+](=O)[O-]. The number of hydrogen-bond acceptors (Lipinski definition) is 5. The van der Waals surface area contributed by atoms with Gasteiger partial charge in [-0.3, -0.25) is 14.9 Å². The number of anilines is 1. The second kappa shape index (κ2) is 4.52. The number of rotatable bonds is 3. The lowest BCUT2D eigenvalue weighted by Crippen LogP contribution is -2.18. The number of aldehydes is 1. The van der Waals surface area contributed by atoms with E-state index in [0.29, 0.717) is 6.29 Å². The smallest absolute Gasteiger partial charge is 0.281 e. The number of nitro groups is 1. The summed E-state index contributed by atoms with van der Waals surface area (Å²) in [5, 5.41) is 10.8. The van der Waals surface area contributed by atoms with E-state index >= 15 is 0 Å². The Kier molecular flexibility index (Phi) is 3.09. The Morgan fingerprint density at radius 2 is 2.31 bits per heavy atom. The van der Waals surface area contributed by atoms with Crippen molar-refractivity contribution in [1.82, 2.24) is 0 Å². The van der Waals surface area contributed by atoms with Crippen molar-refractivity contribution in [2.24, 2.45) is 0 Å². The van der Waals surface area contributed by atoms with Crippen LogP contribution < -0.4 is 4.90 Å². The van der Waals surface area contributed by atoms with Crippen molar-refractivity contribution in [3.8, 4) is 0 Å². The molecule has 0 bridgehead atoms. The van der Waals surface area contributed by atoms with Gasteiger partial charge < -0.3 is 4.90 Å². The highest BCUT2D eigenvalue weighted by molar-refractivity contribution is 7.99. The first-order valence-electron chi connectivity index (χ1n) is 4.78. The zero-order valence-electron chi connectivity index (χ0n) is 8.46. The van der Waals surface area contributed by atoms with Crippen LogP contribution in [0.5, 0.6) is 0 Å². The predicted octanol–water partition coefficient (Wildman–Crippen LogP) is 1.92. The first kappa shape index (κ1) is 10.9. The standard InChI is InChI=1S/C10H10N2O3S/c13-6-8-1-2-9(5-10(8)12(14)15)11-3-4-16-7-11/h1-2,5-6H,3-4,7H2. The molecule has 84 valence electrons. The molecule has 5 nitrogen and oxygen atoms in total. The molecule has 0 unspecified atom stereocenters. The van der Waals surface area contributed by atoms with Gasteiger partial charge >= 0.3 is 0 Å². The van der Waals surface area contributed by atoms with Gasteiger partial charge in [0.1, 0.15) is 0 Å². The quantitative estimate of drug-likeness (QED) is 0.457. The summed E-state index contributed by atoms with van der Waals surface area (Å²) in [5.74, 6) is 1.88. The highest BCUT2D eigenvalue weighted by Gasteiger charge is 2.18. The van der Waals surface area contributed by atoms with Crippen LogP contribution in [0.2, 0.25) is 0 Å². The van der Waals surface area contributed by atoms with E-state index in [1.807, 2.05) is 0 Å². The Bertz CT molecular complexity index is 430. The summed E-state index contributed by atoms with van der Waals surface area (Å²) >= 11 is 1.79. The van der Waals surface area contributed by atoms with Crippen LogP contribution >= 0.6 is 11.8 Å². The van der Waals surface area contributed by atoms with Gasteiger partial charge in [-0.05, 0) is 12.1 Å². The van der Waals surface area contributed by atoms with Gasteiger partial charge in [0.2, 0.25) is 0 Å². The molecule has 1 aromatic rings. The van der Waals surface area contributed by atoms with Gasteiger partial charge in [-0.15, -0.1) is 11.8 Å². The average Bonchev–Trinajstić information content (AvgIpc) is 2.81. The van der Waals surface area contributed by atoms with Gasteiger partial charge in [0.25, 0.3) is 5.69 Å². The molecule has 1 heterocycles. The molecule has 0 aromatic heterocycles. The van der Waals surface area contributed by atoms with Crippen molar-refractivity contribution < 1.29 is 9.72 Å². The van der Waals surface area contributed by atoms with E-state index in [2.05, 4.69) is 4.90 Å². The Morgan fingerprint density at radius 1 is 1.50 bits per heavy atom. The second-order valence-electron chi connectivity index (χ2n) is 3.42. The lowest BCUT2D eigenvalue weighted by atomic mass is 10.1. The molecule has 2 rings (SSSR count). The van der Waals surface area contributed by atoms with Crippen LogP contribution in [0.15, 0.2) is 18.2 Å². The third-order valence-electron chi connectivity index (χ3n) is 2.46. The Hall–Kier alpha value is -1.56. The van der Waals surface area contributed by atoms with Crippen molar-refractivity contribution in [3.05, 3.63) is 33.9 Å². The highest BCUT2D eigenvalue weighted by Crippen LogP contribution is 2.28. The van der Waals surface area contributed by atoms with Crippen molar-refractivity contribution in [1.29, 1.82) is 0 Å². The molecule has 0 spiro atoms. The monoisotopic (exact) mass is 238 g/mol. The largest absolute Gasteiger partial charge is 0.361 e. The van der Waals surface area contributed by atoms with Crippen molar-refractivity contribution in [2.75, 3.05) is 23.1 Å². The van der Waals surface area contributed by atoms with Gasteiger partial charge in [0.15, 0.2) is 6.29 Å². The molecule has 0 N–H and O–H groups in total. The van der Waals surface area contributed by atoms with Gasteiger partial charge in [-0.2, -0.15) is 0 Å². The summed E-state index contributed by atoms with van der Waals surface area (Å²) in [6.45, 7) is 0.891. The molecule has 0 radical (unpaired) electrons. The minimum absolute atomic E-state index is 0.121. The fourth-order valence-electron chi connectivity index (χ4n) is 1.60. The molecule has 0 amide bonds. The first-order valence-corrected chi connectivity index (χ1v) is 5.94. The summed E-state index contributed by atoms with van der Waals surface area (Å²) in [7, 11) is 0. The third-order valence-corrected chi connectivity index (χ3v) is 3.42. The van der Waals surface area contributed by atoms with E-state index in [1.165, 1.54) is 12.1 Å². The molecule has 0 atom stereocenters. The molecule has 16 heavy (non-hydrogen) atoms. The molecule has 6 heteroatoms. The number of carbonyl (C=O) groups is 1. The molecule has 1 fully saturated rings. The minimum Gasteiger partial charge on any atom is -0.361 e. The number of hydrogen-bond donors (Lipinski definition) is 0. The van der Waals surface area contributed by atoms with E-state index in [-0.39, 0.29) is 11.3 Å². The summed E-state index contributed by atoms with van der Waals surface area (Å²) < 4.78 is 0. The Labute approximate surface area is 96.6 Å². The summed E-state index contributed by atoms with van der Waals surface area (Å²) in [6.07, 6.45) is 0.515. The maximum atomic E-state index is 10.8. The number of nitro benzene ring substituents is 1. The van der Waals surface area contributed by atoms with Crippen molar-refractivity contribution in [3.63, 3.8) is 0 Å². The summed E-state index contributed by atoms with van der Waals surface area (Å²) in [4.78, 5) is 23.0. The Morgan fingerprint density at radius 3 is 2.88 bits per heavy atom. The van der Waals surface area contributed by atoms with Gasteiger partial charge in [0.05, 0.1) is 16.4 Å². The zero-order valence-corrected chi connectivity index (χ0v) is 9.27. The molecule has 0 aliphatic carbocycles. The van der Waals surface area contributed by atoms with Crippen LogP contribution in [0.4, 0.5) is 11.4 Å². The van der Waals surface area contributed by atoms with Crippen LogP contribution in [-0.4, -0.2) is 29.4 Å². The summed E-state index contributed by atoms with van der Waals surface area (Å²) in [6, 6.07) is 4.72.